The van der Waals surface area contributed by atoms with Crippen molar-refractivity contribution in [3.8, 4) is 0 Å². The molecule has 0 amide bonds. The zero-order chi connectivity index (χ0) is 37.5. The van der Waals surface area contributed by atoms with Gasteiger partial charge >= 0.3 is 0 Å². The molecule has 0 aliphatic carbocycles. The molecule has 5 aliphatic heterocycles. The summed E-state index contributed by atoms with van der Waals surface area (Å²) in [4.78, 5) is 58.4. The highest BCUT2D eigenvalue weighted by Crippen LogP contribution is 1.92. The highest BCUT2D eigenvalue weighted by molar-refractivity contribution is 6.41. The molecule has 0 aromatic heterocycles. The van der Waals surface area contributed by atoms with E-state index in [0.29, 0.717) is 25.1 Å². The second-order valence-electron chi connectivity index (χ2n) is 8.48. The molecule has 282 valence electrons. The van der Waals surface area contributed by atoms with Crippen LogP contribution in [0.25, 0.3) is 0 Å². The highest BCUT2D eigenvalue weighted by atomic mass is 17.2. The van der Waals surface area contributed by atoms with Crippen LogP contribution in [0.4, 0.5) is 0 Å². The first-order chi connectivity index (χ1) is 24.3. The molecule has 0 spiro atoms. The standard InChI is InChI=1S/C4H8N6O4.C4H8N4O2.C4H10N2.2C4H8N2.2N2O2/c11-13-9-7-4(8-10-14-12)3-5-1-2-6-3;9-10-8-7-3-4-5-1-2-6-4;3*1-4-5-2-3-6-4;2*3-1-2-4/h9,11-12H,1-2H2,(H,5,6);3,8-9H,1-2H2,(H,5,6);4-6H,2-3H2,1H3;2*2-3H2,1H3,(H,5,6);;/p-2. The Morgan fingerprint density at radius 1 is 0.800 bits per heavy atom. The zero-order valence-electron chi connectivity index (χ0n) is 27.2. The van der Waals surface area contributed by atoms with Gasteiger partial charge in [-0.05, 0) is 13.8 Å². The first-order valence-electron chi connectivity index (χ1n) is 14.1. The largest absolute Gasteiger partial charge is 0.697 e. The van der Waals surface area contributed by atoms with Crippen molar-refractivity contribution in [1.29, 1.82) is 0 Å². The molecule has 0 atom stereocenters. The Morgan fingerprint density at radius 2 is 1.40 bits per heavy atom. The second-order valence-corrected chi connectivity index (χ2v) is 8.48. The zero-order valence-corrected chi connectivity index (χ0v) is 27.2. The lowest BCUT2D eigenvalue weighted by Gasteiger charge is -2.05. The molecule has 50 heavy (non-hydrogen) atoms. The van der Waals surface area contributed by atoms with Gasteiger partial charge in [0.25, 0.3) is 0 Å². The number of hydrogen-bond donors (Lipinski definition) is 9. The molecule has 0 unspecified atom stereocenters. The summed E-state index contributed by atoms with van der Waals surface area (Å²) >= 11 is 0. The molecule has 0 aromatic carbocycles. The van der Waals surface area contributed by atoms with Gasteiger partial charge in [-0.15, -0.1) is 24.7 Å². The van der Waals surface area contributed by atoms with Gasteiger partial charge in [0.1, 0.15) is 40.1 Å². The van der Waals surface area contributed by atoms with E-state index in [4.69, 9.17) is 19.6 Å². The van der Waals surface area contributed by atoms with Crippen LogP contribution in [-0.2, 0) is 15.0 Å². The quantitative estimate of drug-likeness (QED) is 0.0267. The number of amidine groups is 5. The normalized spacial score (nSPS) is 16.7. The smallest absolute Gasteiger partial charge is 0.240 e. The molecular weight excluding hydrogens is 680 g/mol. The summed E-state index contributed by atoms with van der Waals surface area (Å²) < 4.78 is 0. The lowest BCUT2D eigenvalue weighted by atomic mass is 10.5. The minimum Gasteiger partial charge on any atom is -0.697 e. The van der Waals surface area contributed by atoms with Gasteiger partial charge in [-0.1, -0.05) is 5.11 Å². The third kappa shape index (κ3) is 31.0. The number of nitrogens with zero attached hydrogens (tertiary/aromatic N) is 11. The number of nitroso groups, excluding NO2 is 4. The van der Waals surface area contributed by atoms with Crippen molar-refractivity contribution >= 4 is 35.4 Å². The van der Waals surface area contributed by atoms with Crippen LogP contribution in [0.1, 0.15) is 20.8 Å². The van der Waals surface area contributed by atoms with E-state index in [1.54, 1.807) is 32.3 Å². The fourth-order valence-electron chi connectivity index (χ4n) is 3.13. The molecule has 5 heterocycles. The number of aliphatic imine (C=N–C) groups is 3. The van der Waals surface area contributed by atoms with E-state index in [9.17, 15) is 15.8 Å². The topological polar surface area (TPSA) is 411 Å². The van der Waals surface area contributed by atoms with Crippen LogP contribution in [0.15, 0.2) is 56.7 Å². The Balaban J connectivity index is 0. The maximum Gasteiger partial charge on any atom is 0.240 e. The molecule has 5 aliphatic rings. The predicted molar refractivity (Wildman–Crippen MR) is 170 cm³/mol. The maximum absolute atomic E-state index is 9.58. The van der Waals surface area contributed by atoms with E-state index in [-0.39, 0.29) is 11.7 Å². The molecule has 9 N–H and O–H groups in total. The average molecular weight is 721 g/mol. The number of nitrogens with one attached hydrogen (secondary N) is 9. The van der Waals surface area contributed by atoms with Crippen molar-refractivity contribution < 1.29 is 35.7 Å². The average Bonchev–Trinajstić information content (AvgIpc) is 3.99. The van der Waals surface area contributed by atoms with Crippen molar-refractivity contribution in [2.45, 2.75) is 26.9 Å². The van der Waals surface area contributed by atoms with Crippen LogP contribution < -0.4 is 63.8 Å². The second kappa shape index (κ2) is 36.2. The first kappa shape index (κ1) is 46.5. The molecule has 0 bridgehead atoms. The fourth-order valence-corrected chi connectivity index (χ4v) is 3.13. The van der Waals surface area contributed by atoms with Crippen LogP contribution in [0, 0.1) is 19.6 Å². The molecule has 30 heteroatoms. The summed E-state index contributed by atoms with van der Waals surface area (Å²) in [6.45, 7) is 15.3. The monoisotopic (exact) mass is 720 g/mol. The maximum atomic E-state index is 9.58. The van der Waals surface area contributed by atoms with E-state index in [1.165, 1.54) is 12.1 Å². The Hall–Kier alpha value is -5.66. The molecule has 30 nitrogen and oxygen atoms in total. The van der Waals surface area contributed by atoms with E-state index in [0.717, 1.165) is 58.2 Å². The molecule has 5 rings (SSSR count). The van der Waals surface area contributed by atoms with Crippen LogP contribution in [0.3, 0.4) is 0 Å². The summed E-state index contributed by atoms with van der Waals surface area (Å²) in [6, 6.07) is 0. The van der Waals surface area contributed by atoms with Crippen LogP contribution in [0.2, 0.25) is 0 Å². The Morgan fingerprint density at radius 3 is 1.74 bits per heavy atom. The lowest BCUT2D eigenvalue weighted by Crippen LogP contribution is -2.69. The van der Waals surface area contributed by atoms with Gasteiger partial charge in [0, 0.05) is 44.9 Å². The van der Waals surface area contributed by atoms with Gasteiger partial charge in [-0.2, -0.15) is 16.3 Å². The van der Waals surface area contributed by atoms with Crippen molar-refractivity contribution in [3.63, 3.8) is 0 Å². The third-order valence-electron chi connectivity index (χ3n) is 5.06. The molecule has 1 fully saturated rings. The van der Waals surface area contributed by atoms with E-state index in [2.05, 4.69) is 94.4 Å². The number of rotatable bonds is 9. The Kier molecular flexibility index (Phi) is 33.6. The lowest BCUT2D eigenvalue weighted by molar-refractivity contribution is -0.711. The summed E-state index contributed by atoms with van der Waals surface area (Å²) in [5.74, 6) is 3.11. The van der Waals surface area contributed by atoms with Gasteiger partial charge in [0.15, 0.2) is 5.84 Å². The summed E-state index contributed by atoms with van der Waals surface area (Å²) in [6.07, 6.45) is 1.93. The van der Waals surface area contributed by atoms with E-state index >= 15 is 0 Å². The fraction of sp³-hybridized carbons (Fsp3) is 0.700. The van der Waals surface area contributed by atoms with Crippen LogP contribution in [0.5, 0.6) is 0 Å². The van der Waals surface area contributed by atoms with Crippen molar-refractivity contribution in [1.82, 2.24) is 43.1 Å². The SMILES string of the molecule is CC1=NCCN1.CC1=[NH+]CCN1.CC1NCCN1.O=NN=O.O=NN=O.[O-]ON=NC(=NNO[O-])C1=NCCN1.[O-]ONN=CC1=NCCN1. The molecule has 0 aromatic rings. The number of hydrazone groups is 2. The van der Waals surface area contributed by atoms with Crippen LogP contribution >= 0.6 is 0 Å². The summed E-state index contributed by atoms with van der Waals surface area (Å²) in [5.41, 5.74) is 3.40. The Bertz CT molecular complexity index is 1080. The first-order valence-corrected chi connectivity index (χ1v) is 14.1. The summed E-state index contributed by atoms with van der Waals surface area (Å²) in [5, 5.41) is 65.6. The molecular formula is C20H40N20O10-2. The van der Waals surface area contributed by atoms with Gasteiger partial charge < -0.3 is 57.3 Å². The highest BCUT2D eigenvalue weighted by Gasteiger charge is 2.12. The van der Waals surface area contributed by atoms with Gasteiger partial charge in [-0.3, -0.25) is 25.3 Å². The van der Waals surface area contributed by atoms with Gasteiger partial charge in [0.05, 0.1) is 37.9 Å². The Labute approximate surface area is 283 Å². The van der Waals surface area contributed by atoms with E-state index < -0.39 is 0 Å². The summed E-state index contributed by atoms with van der Waals surface area (Å²) in [7, 11) is 0. The minimum absolute atomic E-state index is 0.116. The minimum atomic E-state index is -0.116. The molecule has 0 radical (unpaired) electrons. The van der Waals surface area contributed by atoms with Gasteiger partial charge in [-0.25, -0.2) is 0 Å². The van der Waals surface area contributed by atoms with Gasteiger partial charge in [0.2, 0.25) is 11.7 Å². The number of hydrogen-bond acceptors (Lipinski definition) is 24. The van der Waals surface area contributed by atoms with Crippen molar-refractivity contribution in [2.24, 2.45) is 56.7 Å². The molecule has 0 saturated carbocycles. The van der Waals surface area contributed by atoms with Crippen LogP contribution in [-0.4, -0.2) is 107 Å². The van der Waals surface area contributed by atoms with Crippen molar-refractivity contribution in [3.05, 3.63) is 19.6 Å². The third-order valence-corrected chi connectivity index (χ3v) is 5.06. The van der Waals surface area contributed by atoms with Crippen molar-refractivity contribution in [2.75, 3.05) is 65.4 Å². The predicted octanol–water partition coefficient (Wildman–Crippen LogP) is -6.98. The van der Waals surface area contributed by atoms with E-state index in [1.807, 2.05) is 13.8 Å². The molecule has 1 saturated heterocycles.